The molecule has 2 aliphatic rings. The van der Waals surface area contributed by atoms with E-state index in [0.29, 0.717) is 5.92 Å². The van der Waals surface area contributed by atoms with E-state index in [1.54, 1.807) is 0 Å². The second-order valence-electron chi connectivity index (χ2n) is 4.42. The molecule has 0 aromatic heterocycles. The summed E-state index contributed by atoms with van der Waals surface area (Å²) < 4.78 is 0. The molecule has 0 bridgehead atoms. The third kappa shape index (κ3) is 2.06. The topological polar surface area (TPSA) is 3.24 Å². The minimum absolute atomic E-state index is 0.582. The molecule has 0 radical (unpaired) electrons. The summed E-state index contributed by atoms with van der Waals surface area (Å²) in [6, 6.07) is 0.868. The first-order chi connectivity index (χ1) is 6.40. The third-order valence-corrected chi connectivity index (χ3v) is 3.59. The van der Waals surface area contributed by atoms with Crippen molar-refractivity contribution >= 4 is 0 Å². The summed E-state index contributed by atoms with van der Waals surface area (Å²) in [7, 11) is 0. The second-order valence-corrected chi connectivity index (χ2v) is 4.42. The lowest BCUT2D eigenvalue weighted by molar-refractivity contribution is 0.178. The summed E-state index contributed by atoms with van der Waals surface area (Å²) in [6.07, 6.45) is 13.5. The number of hydrogen-bond donors (Lipinski definition) is 0. The van der Waals surface area contributed by atoms with Gasteiger partial charge in [-0.05, 0) is 51.6 Å². The zero-order chi connectivity index (χ0) is 9.10. The van der Waals surface area contributed by atoms with Gasteiger partial charge in [0.25, 0.3) is 0 Å². The standard InChI is InChI=1S/C12H19N/c1-2-11-5-7-12(8-6-11)13-9-3-4-10-13/h1,11-12H,3-10H2. The lowest BCUT2D eigenvalue weighted by Gasteiger charge is -2.32. The molecule has 1 saturated heterocycles. The largest absolute Gasteiger partial charge is 0.300 e. The molecular weight excluding hydrogens is 158 g/mol. The van der Waals surface area contributed by atoms with Crippen LogP contribution in [0, 0.1) is 18.3 Å². The fourth-order valence-corrected chi connectivity index (χ4v) is 2.71. The van der Waals surface area contributed by atoms with Crippen molar-refractivity contribution in [3.05, 3.63) is 0 Å². The van der Waals surface area contributed by atoms with Crippen LogP contribution in [0.5, 0.6) is 0 Å². The van der Waals surface area contributed by atoms with Gasteiger partial charge in [-0.1, -0.05) is 0 Å². The van der Waals surface area contributed by atoms with E-state index in [0.717, 1.165) is 6.04 Å². The van der Waals surface area contributed by atoms with Crippen LogP contribution in [0.25, 0.3) is 0 Å². The molecule has 0 unspecified atom stereocenters. The Morgan fingerprint density at radius 3 is 2.15 bits per heavy atom. The monoisotopic (exact) mass is 177 g/mol. The van der Waals surface area contributed by atoms with Gasteiger partial charge in [-0.2, -0.15) is 0 Å². The molecule has 0 N–H and O–H groups in total. The van der Waals surface area contributed by atoms with Crippen molar-refractivity contribution in [3.8, 4) is 12.3 Å². The molecule has 72 valence electrons. The van der Waals surface area contributed by atoms with E-state index in [2.05, 4.69) is 10.8 Å². The molecule has 2 rings (SSSR count). The van der Waals surface area contributed by atoms with Gasteiger partial charge in [0.15, 0.2) is 0 Å². The van der Waals surface area contributed by atoms with Crippen LogP contribution in [0.15, 0.2) is 0 Å². The van der Waals surface area contributed by atoms with Crippen LogP contribution in [0.4, 0.5) is 0 Å². The summed E-state index contributed by atoms with van der Waals surface area (Å²) >= 11 is 0. The van der Waals surface area contributed by atoms with E-state index < -0.39 is 0 Å². The van der Waals surface area contributed by atoms with Gasteiger partial charge < -0.3 is 4.90 Å². The average molecular weight is 177 g/mol. The van der Waals surface area contributed by atoms with Crippen molar-refractivity contribution in [2.75, 3.05) is 13.1 Å². The Balaban J connectivity index is 1.81. The zero-order valence-corrected chi connectivity index (χ0v) is 8.34. The van der Waals surface area contributed by atoms with Crippen molar-refractivity contribution in [1.82, 2.24) is 4.90 Å². The Morgan fingerprint density at radius 1 is 1.00 bits per heavy atom. The van der Waals surface area contributed by atoms with Crippen molar-refractivity contribution in [2.45, 2.75) is 44.6 Å². The highest BCUT2D eigenvalue weighted by molar-refractivity contribution is 4.96. The molecule has 13 heavy (non-hydrogen) atoms. The van der Waals surface area contributed by atoms with Crippen LogP contribution < -0.4 is 0 Å². The number of rotatable bonds is 1. The highest BCUT2D eigenvalue weighted by atomic mass is 15.2. The molecule has 0 aromatic rings. The summed E-state index contributed by atoms with van der Waals surface area (Å²) in [6.45, 7) is 2.68. The van der Waals surface area contributed by atoms with Gasteiger partial charge in [-0.15, -0.1) is 12.3 Å². The zero-order valence-electron chi connectivity index (χ0n) is 8.34. The molecule has 1 heteroatoms. The van der Waals surface area contributed by atoms with Gasteiger partial charge in [0.1, 0.15) is 0 Å². The van der Waals surface area contributed by atoms with Crippen LogP contribution in [-0.4, -0.2) is 24.0 Å². The highest BCUT2D eigenvalue weighted by Gasteiger charge is 2.26. The van der Waals surface area contributed by atoms with Gasteiger partial charge in [0.2, 0.25) is 0 Å². The third-order valence-electron chi connectivity index (χ3n) is 3.59. The SMILES string of the molecule is C#CC1CCC(N2CCCC2)CC1. The van der Waals surface area contributed by atoms with Crippen molar-refractivity contribution in [1.29, 1.82) is 0 Å². The smallest absolute Gasteiger partial charge is 0.0201 e. The number of terminal acetylenes is 1. The van der Waals surface area contributed by atoms with Gasteiger partial charge in [0.05, 0.1) is 0 Å². The molecule has 1 nitrogen and oxygen atoms in total. The molecule has 0 atom stereocenters. The Labute approximate surface area is 81.5 Å². The van der Waals surface area contributed by atoms with Gasteiger partial charge in [-0.3, -0.25) is 0 Å². The molecule has 0 amide bonds. The van der Waals surface area contributed by atoms with Crippen molar-refractivity contribution < 1.29 is 0 Å². The van der Waals surface area contributed by atoms with Crippen molar-refractivity contribution in [3.63, 3.8) is 0 Å². The van der Waals surface area contributed by atoms with E-state index in [-0.39, 0.29) is 0 Å². The van der Waals surface area contributed by atoms with Gasteiger partial charge >= 0.3 is 0 Å². The molecule has 1 aliphatic heterocycles. The Morgan fingerprint density at radius 2 is 1.62 bits per heavy atom. The summed E-state index contributed by atoms with van der Waals surface area (Å²) in [5.74, 6) is 3.48. The lowest BCUT2D eigenvalue weighted by atomic mass is 9.86. The lowest BCUT2D eigenvalue weighted by Crippen LogP contribution is -2.35. The molecule has 1 heterocycles. The fraction of sp³-hybridized carbons (Fsp3) is 0.833. The summed E-state index contributed by atoms with van der Waals surface area (Å²) in [4.78, 5) is 2.67. The highest BCUT2D eigenvalue weighted by Crippen LogP contribution is 2.28. The van der Waals surface area contributed by atoms with Crippen LogP contribution in [-0.2, 0) is 0 Å². The molecule has 1 aliphatic carbocycles. The molecule has 0 spiro atoms. The van der Waals surface area contributed by atoms with E-state index in [9.17, 15) is 0 Å². The normalized spacial score (nSPS) is 35.9. The van der Waals surface area contributed by atoms with Crippen LogP contribution in [0.3, 0.4) is 0 Å². The number of hydrogen-bond acceptors (Lipinski definition) is 1. The van der Waals surface area contributed by atoms with E-state index in [1.165, 1.54) is 51.6 Å². The first-order valence-corrected chi connectivity index (χ1v) is 5.60. The Bertz CT molecular complexity index is 190. The van der Waals surface area contributed by atoms with Gasteiger partial charge in [-0.25, -0.2) is 0 Å². The van der Waals surface area contributed by atoms with Crippen molar-refractivity contribution in [2.24, 2.45) is 5.92 Å². The Hall–Kier alpha value is -0.480. The minimum Gasteiger partial charge on any atom is -0.300 e. The van der Waals surface area contributed by atoms with Crippen LogP contribution >= 0.6 is 0 Å². The number of likely N-dealkylation sites (tertiary alicyclic amines) is 1. The molecule has 2 fully saturated rings. The maximum absolute atomic E-state index is 5.44. The Kier molecular flexibility index (Phi) is 2.90. The minimum atomic E-state index is 0.582. The number of nitrogens with zero attached hydrogens (tertiary/aromatic N) is 1. The van der Waals surface area contributed by atoms with E-state index >= 15 is 0 Å². The fourth-order valence-electron chi connectivity index (χ4n) is 2.71. The van der Waals surface area contributed by atoms with Crippen LogP contribution in [0.2, 0.25) is 0 Å². The average Bonchev–Trinajstić information content (AvgIpc) is 2.71. The first kappa shape index (κ1) is 9.09. The summed E-state index contributed by atoms with van der Waals surface area (Å²) in [5.41, 5.74) is 0. The quantitative estimate of drug-likeness (QED) is 0.555. The molecule has 0 aromatic carbocycles. The van der Waals surface area contributed by atoms with E-state index in [4.69, 9.17) is 6.42 Å². The second kappa shape index (κ2) is 4.15. The molecular formula is C12H19N. The van der Waals surface area contributed by atoms with Crippen LogP contribution in [0.1, 0.15) is 38.5 Å². The van der Waals surface area contributed by atoms with Gasteiger partial charge in [0, 0.05) is 12.0 Å². The predicted molar refractivity (Wildman–Crippen MR) is 55.4 cm³/mol. The predicted octanol–water partition coefficient (Wildman–Crippen LogP) is 2.27. The summed E-state index contributed by atoms with van der Waals surface area (Å²) in [5, 5.41) is 0. The maximum Gasteiger partial charge on any atom is 0.0201 e. The maximum atomic E-state index is 5.44. The van der Waals surface area contributed by atoms with E-state index in [1.807, 2.05) is 0 Å². The first-order valence-electron chi connectivity index (χ1n) is 5.60. The molecule has 1 saturated carbocycles.